The van der Waals surface area contributed by atoms with Crippen LogP contribution in [0.5, 0.6) is 5.75 Å². The number of nitrogens with one attached hydrogen (secondary N) is 2. The van der Waals surface area contributed by atoms with Gasteiger partial charge in [0.1, 0.15) is 5.69 Å². The van der Waals surface area contributed by atoms with E-state index in [1.54, 1.807) is 17.8 Å². The van der Waals surface area contributed by atoms with Crippen LogP contribution in [0.2, 0.25) is 0 Å². The van der Waals surface area contributed by atoms with E-state index < -0.39 is 4.92 Å². The Labute approximate surface area is 131 Å². The SMILES string of the molecule is CSC1(CNc2cc3c(cc2[N+](=O)[O-])OCC(=O)N3)CCC1. The number of hydrogen-bond acceptors (Lipinski definition) is 6. The van der Waals surface area contributed by atoms with Gasteiger partial charge in [0.2, 0.25) is 0 Å². The van der Waals surface area contributed by atoms with Gasteiger partial charge in [0.25, 0.3) is 11.6 Å². The van der Waals surface area contributed by atoms with Crippen LogP contribution in [0.3, 0.4) is 0 Å². The molecule has 1 heterocycles. The maximum Gasteiger partial charge on any atom is 0.296 e. The number of nitro benzene ring substituents is 1. The summed E-state index contributed by atoms with van der Waals surface area (Å²) in [7, 11) is 0. The number of nitro groups is 1. The predicted octanol–water partition coefficient (Wildman–Crippen LogP) is 2.62. The Hall–Kier alpha value is -1.96. The number of benzene rings is 1. The smallest absolute Gasteiger partial charge is 0.296 e. The molecule has 0 radical (unpaired) electrons. The molecule has 0 aromatic heterocycles. The fourth-order valence-electron chi connectivity index (χ4n) is 2.69. The van der Waals surface area contributed by atoms with Gasteiger partial charge in [0, 0.05) is 11.3 Å². The standard InChI is InChI=1S/C14H17N3O4S/c1-22-14(3-2-4-14)8-15-9-5-10-12(6-11(9)17(19)20)21-7-13(18)16-10/h5-6,15H,2-4,7-8H2,1H3,(H,16,18). The quantitative estimate of drug-likeness (QED) is 0.639. The Morgan fingerprint density at radius 3 is 2.86 bits per heavy atom. The van der Waals surface area contributed by atoms with Crippen molar-refractivity contribution in [3.8, 4) is 5.75 Å². The molecule has 1 aliphatic heterocycles. The summed E-state index contributed by atoms with van der Waals surface area (Å²) < 4.78 is 5.39. The zero-order valence-electron chi connectivity index (χ0n) is 12.2. The van der Waals surface area contributed by atoms with Gasteiger partial charge in [-0.25, -0.2) is 0 Å². The molecule has 0 bridgehead atoms. The van der Waals surface area contributed by atoms with Crippen molar-refractivity contribution in [1.82, 2.24) is 0 Å². The van der Waals surface area contributed by atoms with Crippen molar-refractivity contribution in [3.63, 3.8) is 0 Å². The van der Waals surface area contributed by atoms with E-state index in [-0.39, 0.29) is 22.9 Å². The van der Waals surface area contributed by atoms with Crippen LogP contribution in [0.25, 0.3) is 0 Å². The second-order valence-electron chi connectivity index (χ2n) is 5.55. The summed E-state index contributed by atoms with van der Waals surface area (Å²) in [6, 6.07) is 2.95. The van der Waals surface area contributed by atoms with Gasteiger partial charge in [-0.15, -0.1) is 0 Å². The molecule has 1 aliphatic carbocycles. The van der Waals surface area contributed by atoms with Gasteiger partial charge in [-0.05, 0) is 25.2 Å². The van der Waals surface area contributed by atoms with Gasteiger partial charge < -0.3 is 15.4 Å². The van der Waals surface area contributed by atoms with E-state index in [1.165, 1.54) is 12.5 Å². The van der Waals surface area contributed by atoms with Crippen molar-refractivity contribution in [2.45, 2.75) is 24.0 Å². The third kappa shape index (κ3) is 2.70. The largest absolute Gasteiger partial charge is 0.481 e. The first-order chi connectivity index (χ1) is 10.5. The lowest BCUT2D eigenvalue weighted by Crippen LogP contribution is -2.40. The number of hydrogen-bond donors (Lipinski definition) is 2. The summed E-state index contributed by atoms with van der Waals surface area (Å²) >= 11 is 1.79. The monoisotopic (exact) mass is 323 g/mol. The fraction of sp³-hybridized carbons (Fsp3) is 0.500. The van der Waals surface area contributed by atoms with Crippen molar-refractivity contribution in [2.75, 3.05) is 30.0 Å². The molecule has 7 nitrogen and oxygen atoms in total. The van der Waals surface area contributed by atoms with Crippen molar-refractivity contribution in [1.29, 1.82) is 0 Å². The topological polar surface area (TPSA) is 93.5 Å². The lowest BCUT2D eigenvalue weighted by atomic mass is 9.84. The first-order valence-corrected chi connectivity index (χ1v) is 8.30. The van der Waals surface area contributed by atoms with Crippen LogP contribution in [-0.2, 0) is 4.79 Å². The molecule has 0 unspecified atom stereocenters. The summed E-state index contributed by atoms with van der Waals surface area (Å²) in [4.78, 5) is 22.2. The molecule has 1 aromatic carbocycles. The zero-order chi connectivity index (χ0) is 15.7. The summed E-state index contributed by atoms with van der Waals surface area (Å²) in [5.74, 6) is 0.0759. The second-order valence-corrected chi connectivity index (χ2v) is 6.83. The molecule has 1 amide bonds. The Morgan fingerprint density at radius 2 is 2.27 bits per heavy atom. The number of thioether (sulfide) groups is 1. The number of nitrogens with zero attached hydrogens (tertiary/aromatic N) is 1. The first kappa shape index (κ1) is 15.0. The minimum absolute atomic E-state index is 0.0366. The Kier molecular flexibility index (Phi) is 3.86. The molecule has 118 valence electrons. The van der Waals surface area contributed by atoms with E-state index in [9.17, 15) is 14.9 Å². The number of carbonyl (C=O) groups is 1. The van der Waals surface area contributed by atoms with Crippen LogP contribution in [-0.4, -0.2) is 35.0 Å². The first-order valence-electron chi connectivity index (χ1n) is 7.07. The van der Waals surface area contributed by atoms with Crippen LogP contribution in [0.4, 0.5) is 17.1 Å². The van der Waals surface area contributed by atoms with Gasteiger partial charge in [0.05, 0.1) is 16.7 Å². The molecule has 22 heavy (non-hydrogen) atoms. The molecule has 2 aliphatic rings. The molecule has 0 spiro atoms. The molecule has 3 rings (SSSR count). The number of ether oxygens (including phenoxy) is 1. The summed E-state index contributed by atoms with van der Waals surface area (Å²) in [6.45, 7) is 0.551. The van der Waals surface area contributed by atoms with Crippen LogP contribution < -0.4 is 15.4 Å². The average molecular weight is 323 g/mol. The summed E-state index contributed by atoms with van der Waals surface area (Å²) in [5, 5.41) is 17.1. The molecule has 1 saturated carbocycles. The molecule has 0 atom stereocenters. The molecular formula is C14H17N3O4S. The van der Waals surface area contributed by atoms with Crippen LogP contribution in [0, 0.1) is 10.1 Å². The highest BCUT2D eigenvalue weighted by Gasteiger charge is 2.36. The average Bonchev–Trinajstić information content (AvgIpc) is 2.45. The normalized spacial score (nSPS) is 18.5. The highest BCUT2D eigenvalue weighted by Crippen LogP contribution is 2.44. The Bertz CT molecular complexity index is 625. The minimum atomic E-state index is -0.436. The van der Waals surface area contributed by atoms with Crippen LogP contribution in [0.1, 0.15) is 19.3 Å². The zero-order valence-corrected chi connectivity index (χ0v) is 13.0. The maximum absolute atomic E-state index is 11.4. The van der Waals surface area contributed by atoms with E-state index in [4.69, 9.17) is 4.74 Å². The number of rotatable bonds is 5. The van der Waals surface area contributed by atoms with Gasteiger partial charge in [-0.2, -0.15) is 11.8 Å². The summed E-state index contributed by atoms with van der Waals surface area (Å²) in [5.41, 5.74) is 0.844. The molecule has 2 N–H and O–H groups in total. The fourth-order valence-corrected chi connectivity index (χ4v) is 3.60. The molecule has 1 aromatic rings. The van der Waals surface area contributed by atoms with Gasteiger partial charge in [-0.3, -0.25) is 14.9 Å². The molecule has 8 heteroatoms. The van der Waals surface area contributed by atoms with Gasteiger partial charge in [-0.1, -0.05) is 6.42 Å². The van der Waals surface area contributed by atoms with Crippen molar-refractivity contribution < 1.29 is 14.5 Å². The minimum Gasteiger partial charge on any atom is -0.481 e. The van der Waals surface area contributed by atoms with Gasteiger partial charge in [0.15, 0.2) is 12.4 Å². The predicted molar refractivity (Wildman–Crippen MR) is 85.8 cm³/mol. The van der Waals surface area contributed by atoms with E-state index in [2.05, 4.69) is 16.9 Å². The van der Waals surface area contributed by atoms with E-state index in [0.717, 1.165) is 12.8 Å². The van der Waals surface area contributed by atoms with Crippen molar-refractivity contribution in [3.05, 3.63) is 22.2 Å². The van der Waals surface area contributed by atoms with E-state index in [1.807, 2.05) is 0 Å². The summed E-state index contributed by atoms with van der Waals surface area (Å²) in [6.07, 6.45) is 5.48. The van der Waals surface area contributed by atoms with Crippen LogP contribution >= 0.6 is 11.8 Å². The third-order valence-corrected chi connectivity index (χ3v) is 5.64. The number of amides is 1. The van der Waals surface area contributed by atoms with E-state index >= 15 is 0 Å². The Balaban J connectivity index is 1.86. The molecular weight excluding hydrogens is 306 g/mol. The second kappa shape index (κ2) is 5.68. The Morgan fingerprint density at radius 1 is 1.50 bits per heavy atom. The molecule has 0 saturated heterocycles. The van der Waals surface area contributed by atoms with E-state index in [0.29, 0.717) is 23.7 Å². The van der Waals surface area contributed by atoms with Crippen molar-refractivity contribution in [2.24, 2.45) is 0 Å². The van der Waals surface area contributed by atoms with Crippen LogP contribution in [0.15, 0.2) is 12.1 Å². The molecule has 1 fully saturated rings. The van der Waals surface area contributed by atoms with Gasteiger partial charge >= 0.3 is 0 Å². The number of anilines is 2. The van der Waals surface area contributed by atoms with Crippen molar-refractivity contribution >= 4 is 34.7 Å². The lowest BCUT2D eigenvalue weighted by molar-refractivity contribution is -0.384. The highest BCUT2D eigenvalue weighted by atomic mass is 32.2. The number of carbonyl (C=O) groups excluding carboxylic acids is 1. The number of fused-ring (bicyclic) bond motifs is 1. The maximum atomic E-state index is 11.4. The highest BCUT2D eigenvalue weighted by molar-refractivity contribution is 8.00. The third-order valence-electron chi connectivity index (χ3n) is 4.23. The lowest BCUT2D eigenvalue weighted by Gasteiger charge is -2.40.